The first-order valence-electron chi connectivity index (χ1n) is 5.67. The lowest BCUT2D eigenvalue weighted by Crippen LogP contribution is -1.98. The second-order valence-corrected chi connectivity index (χ2v) is 4.69. The largest absolute Gasteiger partial charge is 0.397 e. The van der Waals surface area contributed by atoms with Crippen LogP contribution in [0.25, 0.3) is 10.9 Å². The van der Waals surface area contributed by atoms with Gasteiger partial charge in [-0.3, -0.25) is 4.98 Å². The number of fused-ring (bicyclic) bond motifs is 1. The van der Waals surface area contributed by atoms with Crippen LogP contribution in [-0.4, -0.2) is 4.98 Å². The summed E-state index contributed by atoms with van der Waals surface area (Å²) < 4.78 is 0. The molecule has 0 saturated heterocycles. The number of nitrogen functional groups attached to an aromatic ring is 1. The number of aryl methyl sites for hydroxylation is 2. The van der Waals surface area contributed by atoms with Crippen LogP contribution in [0.15, 0.2) is 18.2 Å². The molecule has 2 nitrogen and oxygen atoms in total. The SMILES string of the molecule is Cc1cc(N)c2nc(C(C)C)ccc2c1C. The zero-order valence-electron chi connectivity index (χ0n) is 10.3. The van der Waals surface area contributed by atoms with E-state index >= 15 is 0 Å². The highest BCUT2D eigenvalue weighted by atomic mass is 14.7. The number of hydrogen-bond acceptors (Lipinski definition) is 2. The Morgan fingerprint density at radius 3 is 2.50 bits per heavy atom. The monoisotopic (exact) mass is 214 g/mol. The number of nitrogens with two attached hydrogens (primary N) is 1. The highest BCUT2D eigenvalue weighted by molar-refractivity contribution is 5.92. The van der Waals surface area contributed by atoms with Crippen molar-refractivity contribution in [2.45, 2.75) is 33.6 Å². The highest BCUT2D eigenvalue weighted by Gasteiger charge is 2.08. The molecule has 0 bridgehead atoms. The first-order valence-corrected chi connectivity index (χ1v) is 5.67. The number of hydrogen-bond donors (Lipinski definition) is 1. The topological polar surface area (TPSA) is 38.9 Å². The first-order chi connectivity index (χ1) is 7.50. The van der Waals surface area contributed by atoms with Gasteiger partial charge >= 0.3 is 0 Å². The summed E-state index contributed by atoms with van der Waals surface area (Å²) in [6.45, 7) is 8.49. The van der Waals surface area contributed by atoms with E-state index in [4.69, 9.17) is 5.73 Å². The molecule has 16 heavy (non-hydrogen) atoms. The average molecular weight is 214 g/mol. The van der Waals surface area contributed by atoms with Gasteiger partial charge in [0.15, 0.2) is 0 Å². The van der Waals surface area contributed by atoms with Gasteiger partial charge in [-0.05, 0) is 43.0 Å². The molecule has 0 fully saturated rings. The molecule has 0 aliphatic heterocycles. The molecule has 2 N–H and O–H groups in total. The van der Waals surface area contributed by atoms with E-state index in [-0.39, 0.29) is 0 Å². The summed E-state index contributed by atoms with van der Waals surface area (Å²) in [5.41, 5.74) is 11.3. The molecule has 84 valence electrons. The fraction of sp³-hybridized carbons (Fsp3) is 0.357. The Labute approximate surface area is 96.5 Å². The van der Waals surface area contributed by atoms with Crippen LogP contribution in [0, 0.1) is 13.8 Å². The molecule has 1 aromatic carbocycles. The molecule has 2 rings (SSSR count). The van der Waals surface area contributed by atoms with E-state index < -0.39 is 0 Å². The number of nitrogens with zero attached hydrogens (tertiary/aromatic N) is 1. The Morgan fingerprint density at radius 1 is 1.19 bits per heavy atom. The van der Waals surface area contributed by atoms with Gasteiger partial charge in [0.05, 0.1) is 11.2 Å². The Balaban J connectivity index is 2.79. The third-order valence-electron chi connectivity index (χ3n) is 3.15. The lowest BCUT2D eigenvalue weighted by molar-refractivity contribution is 0.830. The van der Waals surface area contributed by atoms with Crippen molar-refractivity contribution in [3.05, 3.63) is 35.0 Å². The van der Waals surface area contributed by atoms with Gasteiger partial charge in [0.1, 0.15) is 0 Å². The number of rotatable bonds is 1. The summed E-state index contributed by atoms with van der Waals surface area (Å²) in [5, 5.41) is 1.17. The van der Waals surface area contributed by atoms with E-state index in [0.29, 0.717) is 5.92 Å². The summed E-state index contributed by atoms with van der Waals surface area (Å²) in [6, 6.07) is 6.24. The van der Waals surface area contributed by atoms with Crippen LogP contribution in [0.3, 0.4) is 0 Å². The Hall–Kier alpha value is -1.57. The molecule has 2 heteroatoms. The van der Waals surface area contributed by atoms with Crippen molar-refractivity contribution in [2.75, 3.05) is 5.73 Å². The quantitative estimate of drug-likeness (QED) is 0.737. The summed E-state index contributed by atoms with van der Waals surface area (Å²) >= 11 is 0. The lowest BCUT2D eigenvalue weighted by Gasteiger charge is -2.11. The van der Waals surface area contributed by atoms with Gasteiger partial charge in [0.2, 0.25) is 0 Å². The van der Waals surface area contributed by atoms with E-state index in [2.05, 4.69) is 44.8 Å². The molecule has 0 aliphatic carbocycles. The number of pyridine rings is 1. The predicted molar refractivity (Wildman–Crippen MR) is 69.7 cm³/mol. The summed E-state index contributed by atoms with van der Waals surface area (Å²) in [6.07, 6.45) is 0. The zero-order chi connectivity index (χ0) is 11.9. The summed E-state index contributed by atoms with van der Waals surface area (Å²) in [4.78, 5) is 4.65. The third kappa shape index (κ3) is 1.64. The maximum atomic E-state index is 6.03. The van der Waals surface area contributed by atoms with Gasteiger partial charge in [-0.25, -0.2) is 0 Å². The molecule has 0 radical (unpaired) electrons. The molecule has 0 aliphatic rings. The van der Waals surface area contributed by atoms with Crippen molar-refractivity contribution < 1.29 is 0 Å². The third-order valence-corrected chi connectivity index (χ3v) is 3.15. The van der Waals surface area contributed by atoms with E-state index in [1.165, 1.54) is 16.5 Å². The summed E-state index contributed by atoms with van der Waals surface area (Å²) in [5.74, 6) is 0.436. The van der Waals surface area contributed by atoms with Crippen molar-refractivity contribution in [1.29, 1.82) is 0 Å². The molecule has 2 aromatic rings. The van der Waals surface area contributed by atoms with Crippen LogP contribution in [0.1, 0.15) is 36.6 Å². The van der Waals surface area contributed by atoms with Crippen molar-refractivity contribution in [3.63, 3.8) is 0 Å². The fourth-order valence-electron chi connectivity index (χ4n) is 1.94. The van der Waals surface area contributed by atoms with Crippen molar-refractivity contribution in [3.8, 4) is 0 Å². The van der Waals surface area contributed by atoms with Crippen LogP contribution in [-0.2, 0) is 0 Å². The second-order valence-electron chi connectivity index (χ2n) is 4.69. The van der Waals surface area contributed by atoms with Crippen molar-refractivity contribution in [2.24, 2.45) is 0 Å². The zero-order valence-corrected chi connectivity index (χ0v) is 10.3. The van der Waals surface area contributed by atoms with Crippen molar-refractivity contribution >= 4 is 16.6 Å². The average Bonchev–Trinajstić information content (AvgIpc) is 2.25. The molecule has 0 spiro atoms. The van der Waals surface area contributed by atoms with Gasteiger partial charge in [-0.1, -0.05) is 19.9 Å². The minimum Gasteiger partial charge on any atom is -0.397 e. The van der Waals surface area contributed by atoms with Gasteiger partial charge in [0.25, 0.3) is 0 Å². The van der Waals surface area contributed by atoms with Crippen molar-refractivity contribution in [1.82, 2.24) is 4.98 Å². The van der Waals surface area contributed by atoms with Crippen LogP contribution in [0.2, 0.25) is 0 Å². The minimum atomic E-state index is 0.436. The van der Waals surface area contributed by atoms with Gasteiger partial charge in [-0.15, -0.1) is 0 Å². The molecule has 0 saturated carbocycles. The molecule has 1 aromatic heterocycles. The molecule has 0 unspecified atom stereocenters. The van der Waals surface area contributed by atoms with E-state index in [1.807, 2.05) is 6.07 Å². The van der Waals surface area contributed by atoms with Crippen LogP contribution >= 0.6 is 0 Å². The predicted octanol–water partition coefficient (Wildman–Crippen LogP) is 3.56. The maximum Gasteiger partial charge on any atom is 0.0937 e. The second kappa shape index (κ2) is 3.78. The Kier molecular flexibility index (Phi) is 2.58. The first kappa shape index (κ1) is 10.9. The molecule has 1 heterocycles. The number of anilines is 1. The van der Waals surface area contributed by atoms with Crippen LogP contribution in [0.4, 0.5) is 5.69 Å². The molecular formula is C14H18N2. The minimum absolute atomic E-state index is 0.436. The smallest absolute Gasteiger partial charge is 0.0937 e. The van der Waals surface area contributed by atoms with Gasteiger partial charge in [-0.2, -0.15) is 0 Å². The van der Waals surface area contributed by atoms with Crippen LogP contribution < -0.4 is 5.73 Å². The maximum absolute atomic E-state index is 6.03. The van der Waals surface area contributed by atoms with E-state index in [9.17, 15) is 0 Å². The number of aromatic nitrogens is 1. The number of benzene rings is 1. The molecular weight excluding hydrogens is 196 g/mol. The molecule has 0 amide bonds. The van der Waals surface area contributed by atoms with E-state index in [1.54, 1.807) is 0 Å². The molecule has 0 atom stereocenters. The van der Waals surface area contributed by atoms with Crippen LogP contribution in [0.5, 0.6) is 0 Å². The Bertz CT molecular complexity index is 542. The fourth-order valence-corrected chi connectivity index (χ4v) is 1.94. The van der Waals surface area contributed by atoms with Gasteiger partial charge < -0.3 is 5.73 Å². The standard InChI is InChI=1S/C14H18N2/c1-8(2)13-6-5-11-10(4)9(3)7-12(15)14(11)16-13/h5-8H,15H2,1-4H3. The normalized spacial score (nSPS) is 11.3. The highest BCUT2D eigenvalue weighted by Crippen LogP contribution is 2.27. The van der Waals surface area contributed by atoms with E-state index in [0.717, 1.165) is 16.9 Å². The summed E-state index contributed by atoms with van der Waals surface area (Å²) in [7, 11) is 0. The lowest BCUT2D eigenvalue weighted by atomic mass is 10.0. The Morgan fingerprint density at radius 2 is 1.88 bits per heavy atom. The van der Waals surface area contributed by atoms with Gasteiger partial charge in [0, 0.05) is 11.1 Å².